The largest absolute Gasteiger partial charge is 0.369 e. The molecule has 1 aliphatic heterocycles. The molecule has 1 atom stereocenters. The van der Waals surface area contributed by atoms with E-state index in [1.54, 1.807) is 0 Å². The van der Waals surface area contributed by atoms with Gasteiger partial charge >= 0.3 is 0 Å². The lowest BCUT2D eigenvalue weighted by Crippen LogP contribution is -2.44. The summed E-state index contributed by atoms with van der Waals surface area (Å²) in [6.45, 7) is 0. The van der Waals surface area contributed by atoms with Crippen LogP contribution in [0.4, 0.5) is 0 Å². The first-order chi connectivity index (χ1) is 7.90. The van der Waals surface area contributed by atoms with E-state index in [0.29, 0.717) is 0 Å². The quantitative estimate of drug-likeness (QED) is 0.753. The first-order valence-electron chi connectivity index (χ1n) is 4.95. The van der Waals surface area contributed by atoms with Crippen molar-refractivity contribution in [2.45, 2.75) is 6.04 Å². The van der Waals surface area contributed by atoms with Gasteiger partial charge in [0.2, 0.25) is 16.0 Å². The highest BCUT2D eigenvalue weighted by molar-refractivity contribution is 14.1. The molecule has 0 bridgehead atoms. The average Bonchev–Trinajstić information content (AvgIpc) is 2.26. The lowest BCUT2D eigenvalue weighted by Gasteiger charge is -2.27. The summed E-state index contributed by atoms with van der Waals surface area (Å²) in [5, 5.41) is 0. The fraction of sp³-hybridized carbons (Fsp3) is 0.300. The van der Waals surface area contributed by atoms with Gasteiger partial charge in [0.15, 0.2) is 0 Å². The SMILES string of the molecule is CN1C(N)=NC(c2ccc(I)cc2)CS1(=O)=O. The highest BCUT2D eigenvalue weighted by Gasteiger charge is 2.30. The summed E-state index contributed by atoms with van der Waals surface area (Å²) >= 11 is 2.19. The van der Waals surface area contributed by atoms with Crippen LogP contribution in [-0.2, 0) is 10.0 Å². The van der Waals surface area contributed by atoms with Gasteiger partial charge in [-0.1, -0.05) is 12.1 Å². The molecule has 0 aliphatic carbocycles. The molecule has 0 saturated heterocycles. The van der Waals surface area contributed by atoms with E-state index in [2.05, 4.69) is 27.6 Å². The van der Waals surface area contributed by atoms with Crippen molar-refractivity contribution in [2.75, 3.05) is 12.8 Å². The van der Waals surface area contributed by atoms with Crippen molar-refractivity contribution in [1.82, 2.24) is 4.31 Å². The Morgan fingerprint density at radius 1 is 1.41 bits per heavy atom. The van der Waals surface area contributed by atoms with Gasteiger partial charge in [-0.2, -0.15) is 0 Å². The summed E-state index contributed by atoms with van der Waals surface area (Å²) in [6.07, 6.45) is 0. The first-order valence-corrected chi connectivity index (χ1v) is 7.64. The van der Waals surface area contributed by atoms with Crippen LogP contribution in [0.2, 0.25) is 0 Å². The van der Waals surface area contributed by atoms with Crippen LogP contribution in [-0.4, -0.2) is 31.5 Å². The molecule has 7 heteroatoms. The second-order valence-corrected chi connectivity index (χ2v) is 7.09. The molecule has 1 heterocycles. The van der Waals surface area contributed by atoms with Crippen LogP contribution < -0.4 is 5.73 Å². The molecule has 1 aromatic carbocycles. The zero-order chi connectivity index (χ0) is 12.6. The Morgan fingerprint density at radius 2 is 2.00 bits per heavy atom. The smallest absolute Gasteiger partial charge is 0.239 e. The van der Waals surface area contributed by atoms with Gasteiger partial charge in [0.25, 0.3) is 0 Å². The summed E-state index contributed by atoms with van der Waals surface area (Å²) in [7, 11) is -1.93. The zero-order valence-corrected chi connectivity index (χ0v) is 12.1. The number of benzene rings is 1. The van der Waals surface area contributed by atoms with E-state index in [4.69, 9.17) is 5.73 Å². The third kappa shape index (κ3) is 2.54. The normalized spacial score (nSPS) is 23.3. The van der Waals surface area contributed by atoms with Crippen LogP contribution in [0.3, 0.4) is 0 Å². The molecule has 2 rings (SSSR count). The van der Waals surface area contributed by atoms with Crippen molar-refractivity contribution in [3.05, 3.63) is 33.4 Å². The van der Waals surface area contributed by atoms with E-state index in [9.17, 15) is 8.42 Å². The minimum Gasteiger partial charge on any atom is -0.369 e. The third-order valence-electron chi connectivity index (χ3n) is 2.65. The topological polar surface area (TPSA) is 75.8 Å². The molecule has 17 heavy (non-hydrogen) atoms. The lowest BCUT2D eigenvalue weighted by molar-refractivity contribution is 0.531. The Kier molecular flexibility index (Phi) is 3.30. The van der Waals surface area contributed by atoms with Crippen LogP contribution in [0.1, 0.15) is 11.6 Å². The van der Waals surface area contributed by atoms with Gasteiger partial charge < -0.3 is 5.73 Å². The summed E-state index contributed by atoms with van der Waals surface area (Å²) in [4.78, 5) is 4.20. The minimum atomic E-state index is -3.34. The predicted molar refractivity (Wildman–Crippen MR) is 75.1 cm³/mol. The molecule has 2 N–H and O–H groups in total. The zero-order valence-electron chi connectivity index (χ0n) is 9.17. The number of hydrogen-bond donors (Lipinski definition) is 1. The molecular formula is C10H12IN3O2S. The van der Waals surface area contributed by atoms with Gasteiger partial charge in [-0.05, 0) is 40.3 Å². The van der Waals surface area contributed by atoms with Crippen molar-refractivity contribution < 1.29 is 8.42 Å². The summed E-state index contributed by atoms with van der Waals surface area (Å²) in [5.41, 5.74) is 6.47. The van der Waals surface area contributed by atoms with Crippen molar-refractivity contribution in [3.63, 3.8) is 0 Å². The summed E-state index contributed by atoms with van der Waals surface area (Å²) in [5.74, 6) is 0.00457. The van der Waals surface area contributed by atoms with Gasteiger partial charge in [-0.25, -0.2) is 17.7 Å². The van der Waals surface area contributed by atoms with Crippen molar-refractivity contribution in [3.8, 4) is 0 Å². The average molecular weight is 365 g/mol. The van der Waals surface area contributed by atoms with Gasteiger partial charge in [-0.15, -0.1) is 0 Å². The Hall–Kier alpha value is -0.830. The van der Waals surface area contributed by atoms with Gasteiger partial charge in [0.1, 0.15) is 0 Å². The van der Waals surface area contributed by atoms with Crippen LogP contribution >= 0.6 is 22.6 Å². The number of hydrogen-bond acceptors (Lipinski definition) is 4. The Bertz CT molecular complexity index is 553. The molecule has 1 aliphatic rings. The molecular weight excluding hydrogens is 353 g/mol. The van der Waals surface area contributed by atoms with E-state index in [1.165, 1.54) is 7.05 Å². The second kappa shape index (κ2) is 4.45. The fourth-order valence-electron chi connectivity index (χ4n) is 1.59. The molecule has 1 unspecified atom stereocenters. The summed E-state index contributed by atoms with van der Waals surface area (Å²) < 4.78 is 25.7. The minimum absolute atomic E-state index is 0.0369. The maximum absolute atomic E-state index is 11.8. The molecule has 0 saturated carbocycles. The van der Waals surface area contributed by atoms with Crippen LogP contribution in [0, 0.1) is 3.57 Å². The Labute approximate surface area is 114 Å². The van der Waals surface area contributed by atoms with Crippen LogP contribution in [0.25, 0.3) is 0 Å². The Balaban J connectivity index is 2.39. The van der Waals surface area contributed by atoms with Crippen molar-refractivity contribution in [1.29, 1.82) is 0 Å². The van der Waals surface area contributed by atoms with Gasteiger partial charge in [-0.3, -0.25) is 0 Å². The molecule has 0 radical (unpaired) electrons. The molecule has 1 aromatic rings. The second-order valence-electron chi connectivity index (χ2n) is 3.80. The number of aliphatic imine (C=N–C) groups is 1. The molecule has 92 valence electrons. The number of halogens is 1. The van der Waals surface area contributed by atoms with E-state index in [0.717, 1.165) is 13.4 Å². The Morgan fingerprint density at radius 3 is 2.53 bits per heavy atom. The maximum atomic E-state index is 11.8. The number of nitrogens with two attached hydrogens (primary N) is 1. The summed E-state index contributed by atoms with van der Waals surface area (Å²) in [6, 6.07) is 7.20. The van der Waals surface area contributed by atoms with Crippen molar-refractivity contribution in [2.24, 2.45) is 10.7 Å². The fourth-order valence-corrected chi connectivity index (χ4v) is 3.17. The molecule has 0 amide bonds. The number of sulfonamides is 1. The molecule has 5 nitrogen and oxygen atoms in total. The lowest BCUT2D eigenvalue weighted by atomic mass is 10.1. The van der Waals surface area contributed by atoms with E-state index in [-0.39, 0.29) is 11.7 Å². The maximum Gasteiger partial charge on any atom is 0.239 e. The molecule has 0 aromatic heterocycles. The molecule has 0 fully saturated rings. The van der Waals surface area contributed by atoms with E-state index in [1.807, 2.05) is 24.3 Å². The third-order valence-corrected chi connectivity index (χ3v) is 5.13. The van der Waals surface area contributed by atoms with Crippen LogP contribution in [0.5, 0.6) is 0 Å². The van der Waals surface area contributed by atoms with Crippen molar-refractivity contribution >= 4 is 38.6 Å². The number of rotatable bonds is 1. The molecule has 0 spiro atoms. The first kappa shape index (κ1) is 12.6. The predicted octanol–water partition coefficient (Wildman–Crippen LogP) is 0.922. The standard InChI is InChI=1S/C10H12IN3O2S/c1-14-10(12)13-9(6-17(14,15)16)7-2-4-8(11)5-3-7/h2-5,9H,6H2,1H3,(H2,12,13). The number of guanidine groups is 1. The van der Waals surface area contributed by atoms with E-state index >= 15 is 0 Å². The monoisotopic (exact) mass is 365 g/mol. The van der Waals surface area contributed by atoms with Gasteiger partial charge in [0, 0.05) is 10.6 Å². The number of nitrogens with zero attached hydrogens (tertiary/aromatic N) is 2. The van der Waals surface area contributed by atoms with E-state index < -0.39 is 16.1 Å². The highest BCUT2D eigenvalue weighted by atomic mass is 127. The highest BCUT2D eigenvalue weighted by Crippen LogP contribution is 2.25. The van der Waals surface area contributed by atoms with Gasteiger partial charge in [0.05, 0.1) is 11.8 Å². The van der Waals surface area contributed by atoms with Crippen LogP contribution in [0.15, 0.2) is 29.3 Å².